The van der Waals surface area contributed by atoms with Crippen molar-refractivity contribution in [2.24, 2.45) is 0 Å². The van der Waals surface area contributed by atoms with Crippen LogP contribution in [-0.4, -0.2) is 24.5 Å². The van der Waals surface area contributed by atoms with Crippen molar-refractivity contribution in [3.63, 3.8) is 0 Å². The predicted molar refractivity (Wildman–Crippen MR) is 54.8 cm³/mol. The lowest BCUT2D eigenvalue weighted by atomic mass is 9.99. The Labute approximate surface area is 82.4 Å². The lowest BCUT2D eigenvalue weighted by molar-refractivity contribution is 0.0156. The molecule has 0 rings (SSSR count). The van der Waals surface area contributed by atoms with Crippen molar-refractivity contribution >= 4 is 10.9 Å². The van der Waals surface area contributed by atoms with Crippen LogP contribution in [0.15, 0.2) is 0 Å². The molecule has 0 aromatic rings. The van der Waals surface area contributed by atoms with E-state index in [-0.39, 0.29) is 11.1 Å². The summed E-state index contributed by atoms with van der Waals surface area (Å²) in [6, 6.07) is 0. The fourth-order valence-electron chi connectivity index (χ4n) is 1.39. The highest BCUT2D eigenvalue weighted by Crippen LogP contribution is 2.21. The Morgan fingerprint density at radius 2 is 1.23 bits per heavy atom. The number of thiol groups is 1. The average Bonchev–Trinajstić information content (AvgIpc) is 1.77. The molecule has 4 nitrogen and oxygen atoms in total. The van der Waals surface area contributed by atoms with Crippen molar-refractivity contribution in [3.8, 4) is 0 Å². The number of nitrogens with zero attached hydrogens (tertiary/aromatic N) is 1. The van der Waals surface area contributed by atoms with E-state index in [1.54, 1.807) is 5.01 Å². The van der Waals surface area contributed by atoms with Gasteiger partial charge in [0, 0.05) is 11.1 Å². The number of hydrogen-bond donors (Lipinski definition) is 2. The maximum atomic E-state index is 10.6. The van der Waals surface area contributed by atoms with Crippen LogP contribution in [-0.2, 0) is 10.9 Å². The molecule has 0 aliphatic carbocycles. The monoisotopic (exact) mass is 208 g/mol. The number of hydrogen-bond acceptors (Lipinski definition) is 3. The zero-order valence-corrected chi connectivity index (χ0v) is 10.1. The molecule has 0 bridgehead atoms. The minimum Gasteiger partial charge on any atom is -0.220 e. The van der Waals surface area contributed by atoms with Crippen LogP contribution in [0.1, 0.15) is 41.5 Å². The van der Waals surface area contributed by atoms with E-state index in [0.29, 0.717) is 0 Å². The highest BCUT2D eigenvalue weighted by Gasteiger charge is 2.31. The summed E-state index contributed by atoms with van der Waals surface area (Å²) in [5.74, 6) is 0. The van der Waals surface area contributed by atoms with Gasteiger partial charge in [-0.3, -0.25) is 0 Å². The van der Waals surface area contributed by atoms with Gasteiger partial charge in [0.1, 0.15) is 0 Å². The van der Waals surface area contributed by atoms with E-state index in [1.807, 2.05) is 41.5 Å². The summed E-state index contributed by atoms with van der Waals surface area (Å²) in [4.78, 5) is 2.45. The molecule has 1 N–H and O–H groups in total. The normalized spacial score (nSPS) is 14.2. The zero-order chi connectivity index (χ0) is 10.9. The molecule has 0 aliphatic heterocycles. The van der Waals surface area contributed by atoms with Gasteiger partial charge in [-0.1, -0.05) is 0 Å². The molecular weight excluding hydrogens is 188 g/mol. The van der Waals surface area contributed by atoms with Crippen LogP contribution >= 0.6 is 0 Å². The lowest BCUT2D eigenvalue weighted by Gasteiger charge is -2.43. The van der Waals surface area contributed by atoms with Gasteiger partial charge in [-0.25, -0.2) is 13.4 Å². The third kappa shape index (κ3) is 4.59. The molecular formula is C8H20N2O2S. The Bertz CT molecular complexity index is 214. The molecule has 0 aliphatic rings. The number of nitrogens with one attached hydrogen (secondary N) is 1. The molecule has 0 unspecified atom stereocenters. The minimum absolute atomic E-state index is 0.229. The molecule has 0 radical (unpaired) electrons. The van der Waals surface area contributed by atoms with Crippen LogP contribution in [0, 0.1) is 0 Å². The maximum Gasteiger partial charge on any atom is 0.214 e. The Kier molecular flexibility index (Phi) is 3.90. The van der Waals surface area contributed by atoms with E-state index in [0.717, 1.165) is 0 Å². The Hall–Kier alpha value is -0.130. The molecule has 0 atom stereocenters. The van der Waals surface area contributed by atoms with Gasteiger partial charge in [0.15, 0.2) is 0 Å². The van der Waals surface area contributed by atoms with Gasteiger partial charge in [0.05, 0.1) is 0 Å². The molecule has 0 saturated heterocycles. The van der Waals surface area contributed by atoms with Crippen molar-refractivity contribution in [2.45, 2.75) is 52.6 Å². The average molecular weight is 208 g/mol. The first kappa shape index (κ1) is 12.9. The lowest BCUT2D eigenvalue weighted by Crippen LogP contribution is -2.59. The van der Waals surface area contributed by atoms with Crippen molar-refractivity contribution < 1.29 is 8.42 Å². The third-order valence-electron chi connectivity index (χ3n) is 1.52. The SMILES string of the molecule is CC(C)(C)N(N[SH](=O)=O)C(C)(C)C. The molecule has 0 aromatic carbocycles. The predicted octanol–water partition coefficient (Wildman–Crippen LogP) is 0.916. The first-order valence-electron chi connectivity index (χ1n) is 4.26. The standard InChI is InChI=1S/C8H20N2O2S/c1-7(2,3)10(8(4,5)6)9-13(11)12/h13H,1-6H3,(H,9,11,12). The van der Waals surface area contributed by atoms with Crippen LogP contribution in [0.5, 0.6) is 0 Å². The highest BCUT2D eigenvalue weighted by molar-refractivity contribution is 7.70. The molecule has 0 heterocycles. The summed E-state index contributed by atoms with van der Waals surface area (Å²) in [6.45, 7) is 11.8. The van der Waals surface area contributed by atoms with Crippen LogP contribution in [0.3, 0.4) is 0 Å². The Morgan fingerprint density at radius 1 is 0.923 bits per heavy atom. The second-order valence-corrected chi connectivity index (χ2v) is 5.75. The summed E-state index contributed by atoms with van der Waals surface area (Å²) in [5, 5.41) is 1.73. The van der Waals surface area contributed by atoms with Crippen LogP contribution < -0.4 is 4.83 Å². The summed E-state index contributed by atoms with van der Waals surface area (Å²) in [6.07, 6.45) is 0. The molecule has 0 fully saturated rings. The number of rotatable bonds is 2. The van der Waals surface area contributed by atoms with E-state index in [2.05, 4.69) is 4.83 Å². The number of hydrazine groups is 1. The van der Waals surface area contributed by atoms with Crippen LogP contribution in [0.2, 0.25) is 0 Å². The summed E-state index contributed by atoms with van der Waals surface area (Å²) >= 11 is 0. The first-order valence-corrected chi connectivity index (χ1v) is 5.44. The largest absolute Gasteiger partial charge is 0.220 e. The molecule has 80 valence electrons. The smallest absolute Gasteiger partial charge is 0.214 e. The zero-order valence-electron chi connectivity index (χ0n) is 9.21. The minimum atomic E-state index is -2.59. The fraction of sp³-hybridized carbons (Fsp3) is 1.00. The van der Waals surface area contributed by atoms with E-state index < -0.39 is 10.9 Å². The second-order valence-electron chi connectivity index (χ2n) is 5.03. The van der Waals surface area contributed by atoms with E-state index in [4.69, 9.17) is 0 Å². The molecule has 13 heavy (non-hydrogen) atoms. The Morgan fingerprint density at radius 3 is 1.31 bits per heavy atom. The first-order chi connectivity index (χ1) is 5.55. The molecule has 5 heteroatoms. The summed E-state index contributed by atoms with van der Waals surface area (Å²) < 4.78 is 21.2. The summed E-state index contributed by atoms with van der Waals surface area (Å²) in [7, 11) is -2.59. The van der Waals surface area contributed by atoms with E-state index in [9.17, 15) is 8.42 Å². The van der Waals surface area contributed by atoms with Gasteiger partial charge >= 0.3 is 0 Å². The molecule has 0 amide bonds. The van der Waals surface area contributed by atoms with Crippen LogP contribution in [0.4, 0.5) is 0 Å². The van der Waals surface area contributed by atoms with Gasteiger partial charge in [-0.2, -0.15) is 4.83 Å². The van der Waals surface area contributed by atoms with Gasteiger partial charge in [0.2, 0.25) is 10.9 Å². The van der Waals surface area contributed by atoms with Crippen molar-refractivity contribution in [1.82, 2.24) is 9.84 Å². The fourth-order valence-corrected chi connectivity index (χ4v) is 2.15. The highest BCUT2D eigenvalue weighted by atomic mass is 32.2. The topological polar surface area (TPSA) is 49.4 Å². The van der Waals surface area contributed by atoms with Crippen LogP contribution in [0.25, 0.3) is 0 Å². The molecule has 0 saturated carbocycles. The molecule has 0 aromatic heterocycles. The van der Waals surface area contributed by atoms with Gasteiger partial charge < -0.3 is 0 Å². The van der Waals surface area contributed by atoms with Crippen molar-refractivity contribution in [3.05, 3.63) is 0 Å². The van der Waals surface area contributed by atoms with Crippen molar-refractivity contribution in [1.29, 1.82) is 0 Å². The van der Waals surface area contributed by atoms with Gasteiger partial charge in [-0.05, 0) is 41.5 Å². The third-order valence-corrected chi connectivity index (χ3v) is 1.89. The van der Waals surface area contributed by atoms with Crippen molar-refractivity contribution in [2.75, 3.05) is 0 Å². The maximum absolute atomic E-state index is 10.6. The molecule has 0 spiro atoms. The van der Waals surface area contributed by atoms with Gasteiger partial charge in [0.25, 0.3) is 0 Å². The van der Waals surface area contributed by atoms with E-state index >= 15 is 0 Å². The van der Waals surface area contributed by atoms with E-state index in [1.165, 1.54) is 0 Å². The second kappa shape index (κ2) is 3.94. The Balaban J connectivity index is 4.78. The summed E-state index contributed by atoms with van der Waals surface area (Å²) in [5.41, 5.74) is -0.457. The van der Waals surface area contributed by atoms with Gasteiger partial charge in [-0.15, -0.1) is 0 Å². The quantitative estimate of drug-likeness (QED) is 0.524.